The van der Waals surface area contributed by atoms with Crippen LogP contribution in [0.1, 0.15) is 12.5 Å². The smallest absolute Gasteiger partial charge is 0.296 e. The third-order valence-electron chi connectivity index (χ3n) is 2.04. The summed E-state index contributed by atoms with van der Waals surface area (Å²) in [5, 5.41) is 0. The second-order valence-corrected chi connectivity index (χ2v) is 9.21. The number of benzene rings is 1. The van der Waals surface area contributed by atoms with Crippen molar-refractivity contribution < 1.29 is 14.2 Å². The first-order chi connectivity index (χ1) is 8.30. The Morgan fingerprint density at radius 2 is 2.00 bits per heavy atom. The van der Waals surface area contributed by atoms with Crippen molar-refractivity contribution in [3.05, 3.63) is 34.3 Å². The molecule has 0 radical (unpaired) electrons. The van der Waals surface area contributed by atoms with E-state index >= 15 is 0 Å². The minimum atomic E-state index is -3.77. The van der Waals surface area contributed by atoms with Crippen molar-refractivity contribution in [3.63, 3.8) is 0 Å². The first-order valence-corrected chi connectivity index (χ1v) is 9.27. The summed E-state index contributed by atoms with van der Waals surface area (Å²) in [7, 11) is 0. The van der Waals surface area contributed by atoms with Crippen LogP contribution in [-0.2, 0) is 20.8 Å². The topological polar surface area (TPSA) is 55.4 Å². The Morgan fingerprint density at radius 3 is 2.50 bits per heavy atom. The minimum Gasteiger partial charge on any atom is -0.296 e. The molecule has 0 aliphatic rings. The Hall–Kier alpha value is 0.1000. The van der Waals surface area contributed by atoms with Gasteiger partial charge in [0, 0.05) is 4.47 Å². The number of halogens is 3. The molecule has 0 bridgehead atoms. The number of rotatable bonds is 6. The van der Waals surface area contributed by atoms with Crippen molar-refractivity contribution in [2.24, 2.45) is 0 Å². The Labute approximate surface area is 123 Å². The highest BCUT2D eigenvalue weighted by molar-refractivity contribution is 9.10. The lowest BCUT2D eigenvalue weighted by Crippen LogP contribution is -2.32. The van der Waals surface area contributed by atoms with Gasteiger partial charge in [-0.1, -0.05) is 28.1 Å². The van der Waals surface area contributed by atoms with Gasteiger partial charge in [-0.2, -0.15) is 5.48 Å². The fraction of sp³-hybridized carbons (Fsp3) is 0.300. The normalized spacial score (nSPS) is 13.3. The van der Waals surface area contributed by atoms with E-state index in [-0.39, 0.29) is 6.61 Å². The number of nitrogens with one attached hydrogen (secondary N) is 1. The Balaban J connectivity index is 2.40. The van der Waals surface area contributed by atoms with Gasteiger partial charge in [-0.15, -0.1) is 0 Å². The molecular formula is C10H11BrCl2NO3P. The van der Waals surface area contributed by atoms with Crippen LogP contribution in [-0.4, -0.2) is 11.6 Å². The van der Waals surface area contributed by atoms with Crippen LogP contribution in [0, 0.1) is 0 Å². The van der Waals surface area contributed by atoms with Gasteiger partial charge >= 0.3 is 5.85 Å². The summed E-state index contributed by atoms with van der Waals surface area (Å²) < 4.78 is 12.1. The molecule has 1 aromatic rings. The number of hydroxylamine groups is 1. The molecule has 0 saturated carbocycles. The monoisotopic (exact) mass is 373 g/mol. The quantitative estimate of drug-likeness (QED) is 0.602. The zero-order valence-corrected chi connectivity index (χ0v) is 13.4. The maximum absolute atomic E-state index is 11.4. The first-order valence-electron chi connectivity index (χ1n) is 4.96. The maximum atomic E-state index is 11.4. The molecular weight excluding hydrogens is 364 g/mol. The standard InChI is InChI=1S/C10H11BrCl2NO3P/c1-7(10(15)18(12,13)16)14-17-6-8-2-4-9(11)5-3-8/h2-5,7,14H,6H2,1H3/t7-/m0/s1. The second-order valence-electron chi connectivity index (χ2n) is 3.56. The number of carbonyl (C=O) groups is 1. The highest BCUT2D eigenvalue weighted by atomic mass is 79.9. The molecule has 18 heavy (non-hydrogen) atoms. The van der Waals surface area contributed by atoms with E-state index in [0.717, 1.165) is 10.0 Å². The van der Waals surface area contributed by atoms with Crippen molar-refractivity contribution in [3.8, 4) is 0 Å². The third kappa shape index (κ3) is 5.39. The van der Waals surface area contributed by atoms with Gasteiger partial charge in [0.25, 0.3) is 0 Å². The predicted octanol–water partition coefficient (Wildman–Crippen LogP) is 4.06. The predicted molar refractivity (Wildman–Crippen MR) is 75.8 cm³/mol. The SMILES string of the molecule is C[C@H](NOCc1ccc(Br)cc1)C(=O)P(=O)(Cl)Cl. The molecule has 1 aromatic carbocycles. The summed E-state index contributed by atoms with van der Waals surface area (Å²) in [6.07, 6.45) is 0. The summed E-state index contributed by atoms with van der Waals surface area (Å²) in [4.78, 5) is 16.5. The van der Waals surface area contributed by atoms with E-state index in [0.29, 0.717) is 0 Å². The van der Waals surface area contributed by atoms with Crippen LogP contribution in [0.15, 0.2) is 28.7 Å². The lowest BCUT2D eigenvalue weighted by Gasteiger charge is -2.12. The van der Waals surface area contributed by atoms with Gasteiger partial charge in [-0.25, -0.2) is 0 Å². The van der Waals surface area contributed by atoms with Crippen LogP contribution in [0.25, 0.3) is 0 Å². The van der Waals surface area contributed by atoms with Crippen LogP contribution < -0.4 is 5.48 Å². The summed E-state index contributed by atoms with van der Waals surface area (Å²) in [5.74, 6) is -3.77. The fourth-order valence-corrected chi connectivity index (χ4v) is 2.75. The fourth-order valence-electron chi connectivity index (χ4n) is 1.11. The number of hydrogen-bond donors (Lipinski definition) is 1. The van der Waals surface area contributed by atoms with Crippen molar-refractivity contribution in [1.29, 1.82) is 0 Å². The van der Waals surface area contributed by atoms with Gasteiger partial charge in [0.2, 0.25) is 5.52 Å². The molecule has 1 N–H and O–H groups in total. The van der Waals surface area contributed by atoms with E-state index in [1.54, 1.807) is 0 Å². The number of carbonyl (C=O) groups excluding carboxylic acids is 1. The van der Waals surface area contributed by atoms with Gasteiger partial charge in [-0.05, 0) is 47.1 Å². The molecule has 0 unspecified atom stereocenters. The lowest BCUT2D eigenvalue weighted by atomic mass is 10.2. The summed E-state index contributed by atoms with van der Waals surface area (Å²) in [6.45, 7) is 1.74. The van der Waals surface area contributed by atoms with E-state index in [4.69, 9.17) is 27.3 Å². The van der Waals surface area contributed by atoms with Crippen molar-refractivity contribution in [1.82, 2.24) is 5.48 Å². The molecule has 0 heterocycles. The molecule has 100 valence electrons. The van der Waals surface area contributed by atoms with E-state index in [2.05, 4.69) is 21.4 Å². The van der Waals surface area contributed by atoms with Gasteiger partial charge in [-0.3, -0.25) is 14.2 Å². The zero-order chi connectivity index (χ0) is 13.8. The summed E-state index contributed by atoms with van der Waals surface area (Å²) >= 11 is 13.8. The van der Waals surface area contributed by atoms with Crippen LogP contribution >= 0.6 is 44.3 Å². The third-order valence-corrected chi connectivity index (χ3v) is 4.47. The largest absolute Gasteiger partial charge is 0.318 e. The molecule has 0 amide bonds. The molecule has 0 aliphatic heterocycles. The second kappa shape index (κ2) is 7.04. The van der Waals surface area contributed by atoms with Crippen molar-refractivity contribution in [2.75, 3.05) is 0 Å². The molecule has 0 saturated heterocycles. The van der Waals surface area contributed by atoms with Gasteiger partial charge in [0.1, 0.15) is 0 Å². The van der Waals surface area contributed by atoms with Crippen LogP contribution in [0.5, 0.6) is 0 Å². The molecule has 4 nitrogen and oxygen atoms in total. The summed E-state index contributed by atoms with van der Waals surface area (Å²) in [5.41, 5.74) is 2.59. The van der Waals surface area contributed by atoms with E-state index in [1.807, 2.05) is 24.3 Å². The molecule has 1 rings (SSSR count). The van der Waals surface area contributed by atoms with E-state index in [1.165, 1.54) is 6.92 Å². The van der Waals surface area contributed by atoms with Gasteiger partial charge in [0.15, 0.2) is 0 Å². The van der Waals surface area contributed by atoms with E-state index in [9.17, 15) is 9.36 Å². The Bertz CT molecular complexity index is 463. The summed E-state index contributed by atoms with van der Waals surface area (Å²) in [6, 6.07) is 6.65. The zero-order valence-electron chi connectivity index (χ0n) is 9.40. The first kappa shape index (κ1) is 16.2. The highest BCUT2D eigenvalue weighted by Gasteiger charge is 2.30. The lowest BCUT2D eigenvalue weighted by molar-refractivity contribution is -0.117. The van der Waals surface area contributed by atoms with Crippen molar-refractivity contribution >= 4 is 49.8 Å². The Morgan fingerprint density at radius 1 is 1.44 bits per heavy atom. The van der Waals surface area contributed by atoms with Gasteiger partial charge < -0.3 is 0 Å². The molecule has 1 atom stereocenters. The molecule has 8 heteroatoms. The highest BCUT2D eigenvalue weighted by Crippen LogP contribution is 2.57. The maximum Gasteiger partial charge on any atom is 0.318 e. The van der Waals surface area contributed by atoms with Gasteiger partial charge in [0.05, 0.1) is 12.6 Å². The Kier molecular flexibility index (Phi) is 6.31. The van der Waals surface area contributed by atoms with Crippen LogP contribution in [0.4, 0.5) is 0 Å². The van der Waals surface area contributed by atoms with Crippen LogP contribution in [0.2, 0.25) is 0 Å². The number of hydrogen-bond acceptors (Lipinski definition) is 4. The molecule has 0 aliphatic carbocycles. The average molecular weight is 375 g/mol. The van der Waals surface area contributed by atoms with E-state index < -0.39 is 17.4 Å². The average Bonchev–Trinajstić information content (AvgIpc) is 2.29. The van der Waals surface area contributed by atoms with Crippen LogP contribution in [0.3, 0.4) is 0 Å². The minimum absolute atomic E-state index is 0.264. The van der Waals surface area contributed by atoms with Crippen molar-refractivity contribution in [2.45, 2.75) is 19.6 Å². The molecule has 0 spiro atoms. The molecule has 0 aromatic heterocycles. The molecule has 0 fully saturated rings.